The minimum absolute atomic E-state index is 0.0273. The van der Waals surface area contributed by atoms with Gasteiger partial charge in [0.15, 0.2) is 21.5 Å². The van der Waals surface area contributed by atoms with E-state index < -0.39 is 27.4 Å². The van der Waals surface area contributed by atoms with Gasteiger partial charge in [-0.25, -0.2) is 13.4 Å². The molecule has 1 aliphatic rings. The molecule has 218 valence electrons. The number of nitrogens with zero attached hydrogens (tertiary/aromatic N) is 1. The van der Waals surface area contributed by atoms with Gasteiger partial charge in [-0.3, -0.25) is 4.79 Å². The van der Waals surface area contributed by atoms with Gasteiger partial charge in [0, 0.05) is 47.2 Å². The van der Waals surface area contributed by atoms with Crippen molar-refractivity contribution in [1.82, 2.24) is 5.32 Å². The van der Waals surface area contributed by atoms with Crippen LogP contribution in [-0.2, 0) is 19.4 Å². The molecule has 0 spiro atoms. The minimum Gasteiger partial charge on any atom is -0.494 e. The van der Waals surface area contributed by atoms with Crippen LogP contribution >= 0.6 is 23.2 Å². The van der Waals surface area contributed by atoms with E-state index in [9.17, 15) is 13.2 Å². The van der Waals surface area contributed by atoms with Crippen molar-refractivity contribution in [2.45, 2.75) is 42.7 Å². The molecule has 0 unspecified atom stereocenters. The quantitative estimate of drug-likeness (QED) is 0.248. The van der Waals surface area contributed by atoms with Crippen molar-refractivity contribution in [2.75, 3.05) is 25.5 Å². The molecular formula is C30H32Cl2N2O6S. The van der Waals surface area contributed by atoms with E-state index in [0.717, 1.165) is 0 Å². The molecule has 0 aromatic heterocycles. The van der Waals surface area contributed by atoms with Crippen LogP contribution in [0.3, 0.4) is 0 Å². The number of rotatable bonds is 13. The number of hydrogen-bond donors (Lipinski definition) is 2. The van der Waals surface area contributed by atoms with Crippen molar-refractivity contribution in [2.24, 2.45) is 4.99 Å². The van der Waals surface area contributed by atoms with Gasteiger partial charge in [-0.1, -0.05) is 54.4 Å². The summed E-state index contributed by atoms with van der Waals surface area (Å²) in [5.41, 5.74) is -0.603. The summed E-state index contributed by atoms with van der Waals surface area (Å²) in [7, 11) is -3.75. The van der Waals surface area contributed by atoms with Gasteiger partial charge < -0.3 is 19.9 Å². The van der Waals surface area contributed by atoms with Crippen molar-refractivity contribution in [3.63, 3.8) is 0 Å². The number of carbonyl (C=O) groups excluding carboxylic acids is 1. The zero-order valence-electron chi connectivity index (χ0n) is 22.6. The highest BCUT2D eigenvalue weighted by Gasteiger charge is 2.54. The summed E-state index contributed by atoms with van der Waals surface area (Å²) in [6.45, 7) is 2.68. The Morgan fingerprint density at radius 1 is 1.10 bits per heavy atom. The Hall–Kier alpha value is -3.11. The molecule has 1 heterocycles. The smallest absolute Gasteiger partial charge is 0.252 e. The average molecular weight is 620 g/mol. The Bertz CT molecular complexity index is 1480. The van der Waals surface area contributed by atoms with Crippen LogP contribution in [0.1, 0.15) is 43.4 Å². The first-order valence-electron chi connectivity index (χ1n) is 13.3. The normalized spacial score (nSPS) is 18.4. The molecule has 1 aliphatic heterocycles. The number of benzene rings is 3. The van der Waals surface area contributed by atoms with Crippen molar-refractivity contribution < 1.29 is 27.8 Å². The van der Waals surface area contributed by atoms with Gasteiger partial charge in [-0.05, 0) is 55.0 Å². The maximum atomic E-state index is 13.9. The van der Waals surface area contributed by atoms with Crippen molar-refractivity contribution >= 4 is 44.8 Å². The van der Waals surface area contributed by atoms with Crippen molar-refractivity contribution in [1.29, 1.82) is 0 Å². The lowest BCUT2D eigenvalue weighted by molar-refractivity contribution is -0.129. The number of halogens is 2. The monoisotopic (exact) mass is 618 g/mol. The average Bonchev–Trinajstić information content (AvgIpc) is 3.36. The maximum Gasteiger partial charge on any atom is 0.252 e. The SMILES string of the molecule is CCCNC(=O)[C@]1(CCS(=O)(=O)c2ccccc2)N=C(c2ccc(OCCCO)cc2)O[C@@H]1c1ccc(Cl)cc1Cl. The summed E-state index contributed by atoms with van der Waals surface area (Å²) in [4.78, 5) is 18.9. The molecular weight excluding hydrogens is 587 g/mol. The van der Waals surface area contributed by atoms with E-state index >= 15 is 0 Å². The number of aliphatic hydroxyl groups excluding tert-OH is 1. The second-order valence-electron chi connectivity index (χ2n) is 9.59. The fourth-order valence-corrected chi connectivity index (χ4v) is 6.38. The van der Waals surface area contributed by atoms with Crippen LogP contribution in [0, 0.1) is 0 Å². The van der Waals surface area contributed by atoms with Gasteiger partial charge in [-0.15, -0.1) is 0 Å². The van der Waals surface area contributed by atoms with E-state index in [2.05, 4.69) is 5.32 Å². The number of aliphatic imine (C=N–C) groups is 1. The number of hydrogen-bond acceptors (Lipinski definition) is 7. The Morgan fingerprint density at radius 2 is 1.83 bits per heavy atom. The van der Waals surface area contributed by atoms with Crippen LogP contribution in [0.25, 0.3) is 0 Å². The highest BCUT2D eigenvalue weighted by Crippen LogP contribution is 2.45. The van der Waals surface area contributed by atoms with E-state index in [4.69, 9.17) is 42.8 Å². The Labute approximate surface area is 250 Å². The lowest BCUT2D eigenvalue weighted by atomic mass is 9.85. The third-order valence-corrected chi connectivity index (χ3v) is 8.96. The molecule has 8 nitrogen and oxygen atoms in total. The Balaban J connectivity index is 1.77. The number of sulfone groups is 1. The van der Waals surface area contributed by atoms with E-state index in [1.807, 2.05) is 6.92 Å². The zero-order chi connectivity index (χ0) is 29.5. The molecule has 3 aromatic rings. The van der Waals surface area contributed by atoms with Crippen LogP contribution in [0.15, 0.2) is 82.7 Å². The summed E-state index contributed by atoms with van der Waals surface area (Å²) < 4.78 is 38.6. The summed E-state index contributed by atoms with van der Waals surface area (Å²) in [5, 5.41) is 12.6. The standard InChI is InChI=1S/C30H32Cl2N2O6S/c1-2-16-33-29(36)30(15-19-41(37,38)24-7-4-3-5-8-24)27(25-14-11-22(31)20-26(25)32)40-28(34-30)21-9-12-23(13-10-21)39-18-6-17-35/h3-5,7-14,20,27,35H,2,6,15-19H2,1H3,(H,33,36)/t27-,30-/m1/s1. The second-order valence-corrected chi connectivity index (χ2v) is 12.5. The molecule has 2 N–H and O–H groups in total. The van der Waals surface area contributed by atoms with Gasteiger partial charge in [0.05, 0.1) is 17.3 Å². The molecule has 0 aliphatic carbocycles. The third kappa shape index (κ3) is 7.22. The lowest BCUT2D eigenvalue weighted by Crippen LogP contribution is -2.49. The van der Waals surface area contributed by atoms with Gasteiger partial charge in [0.2, 0.25) is 5.90 Å². The molecule has 4 rings (SSSR count). The molecule has 41 heavy (non-hydrogen) atoms. The van der Waals surface area contributed by atoms with E-state index in [1.54, 1.807) is 60.7 Å². The van der Waals surface area contributed by atoms with E-state index in [-0.39, 0.29) is 34.6 Å². The summed E-state index contributed by atoms with van der Waals surface area (Å²) in [6, 6.07) is 19.9. The maximum absolute atomic E-state index is 13.9. The molecule has 2 atom stereocenters. The number of carbonyl (C=O) groups is 1. The van der Waals surface area contributed by atoms with E-state index in [0.29, 0.717) is 47.9 Å². The molecule has 0 radical (unpaired) electrons. The minimum atomic E-state index is -3.75. The predicted octanol–water partition coefficient (Wildman–Crippen LogP) is 5.40. The highest BCUT2D eigenvalue weighted by molar-refractivity contribution is 7.91. The van der Waals surface area contributed by atoms with Crippen LogP contribution in [0.4, 0.5) is 0 Å². The molecule has 1 amide bonds. The molecule has 0 fully saturated rings. The Kier molecular flexibility index (Phi) is 10.3. The Morgan fingerprint density at radius 3 is 2.49 bits per heavy atom. The molecule has 0 saturated carbocycles. The first-order chi connectivity index (χ1) is 19.7. The fourth-order valence-electron chi connectivity index (χ4n) is 4.49. The lowest BCUT2D eigenvalue weighted by Gasteiger charge is -2.31. The molecule has 11 heteroatoms. The summed E-state index contributed by atoms with van der Waals surface area (Å²) in [5.74, 6) is -0.0426. The summed E-state index contributed by atoms with van der Waals surface area (Å²) in [6.07, 6.45) is -0.00544. The first-order valence-corrected chi connectivity index (χ1v) is 15.7. The topological polar surface area (TPSA) is 114 Å². The third-order valence-electron chi connectivity index (χ3n) is 6.66. The second kappa shape index (κ2) is 13.7. The van der Waals surface area contributed by atoms with Crippen molar-refractivity contribution in [3.8, 4) is 5.75 Å². The fraction of sp³-hybridized carbons (Fsp3) is 0.333. The van der Waals surface area contributed by atoms with Gasteiger partial charge in [0.1, 0.15) is 5.75 Å². The van der Waals surface area contributed by atoms with Gasteiger partial charge >= 0.3 is 0 Å². The van der Waals surface area contributed by atoms with Crippen LogP contribution in [0.2, 0.25) is 10.0 Å². The van der Waals surface area contributed by atoms with Crippen LogP contribution in [0.5, 0.6) is 5.75 Å². The number of aliphatic hydroxyl groups is 1. The zero-order valence-corrected chi connectivity index (χ0v) is 24.9. The predicted molar refractivity (Wildman–Crippen MR) is 160 cm³/mol. The molecule has 0 saturated heterocycles. The number of ether oxygens (including phenoxy) is 2. The van der Waals surface area contributed by atoms with Crippen LogP contribution < -0.4 is 10.1 Å². The number of amides is 1. The largest absolute Gasteiger partial charge is 0.494 e. The van der Waals surface area contributed by atoms with E-state index in [1.165, 1.54) is 12.1 Å². The van der Waals surface area contributed by atoms with Crippen LogP contribution in [-0.4, -0.2) is 56.4 Å². The first kappa shape index (κ1) is 30.8. The van der Waals surface area contributed by atoms with Gasteiger partial charge in [-0.2, -0.15) is 0 Å². The molecule has 0 bridgehead atoms. The highest BCUT2D eigenvalue weighted by atomic mass is 35.5. The van der Waals surface area contributed by atoms with Gasteiger partial charge in [0.25, 0.3) is 5.91 Å². The summed E-state index contributed by atoms with van der Waals surface area (Å²) >= 11 is 12.8. The molecule has 3 aromatic carbocycles. The number of nitrogens with one attached hydrogen (secondary N) is 1. The van der Waals surface area contributed by atoms with Crippen molar-refractivity contribution in [3.05, 3.63) is 94.0 Å².